The lowest BCUT2D eigenvalue weighted by atomic mass is 10.1. The molecule has 0 radical (unpaired) electrons. The van der Waals surface area contributed by atoms with Gasteiger partial charge < -0.3 is 15.4 Å². The van der Waals surface area contributed by atoms with E-state index >= 15 is 0 Å². The number of carbonyl (C=O) groups is 1. The van der Waals surface area contributed by atoms with Crippen LogP contribution in [0.4, 0.5) is 18.9 Å². The standard InChI is InChI=1S/C29H33F3N8O2/c1-19-4-5-21(14-27(19)40-18-26(36-37-40)24-17-34-38(3)20(24)2)28(41)35-23-7-6-22(25(15-23)29(30,31)32)16-33-8-9-39-10-12-42-13-11-39/h4-7,14-15,17-18,33H,8-13,16H2,1-3H3,(H,35,41). The van der Waals surface area contributed by atoms with Gasteiger partial charge in [-0.2, -0.15) is 18.3 Å². The van der Waals surface area contributed by atoms with E-state index in [1.54, 1.807) is 40.0 Å². The summed E-state index contributed by atoms with van der Waals surface area (Å²) < 4.78 is 50.5. The molecule has 0 aliphatic carbocycles. The van der Waals surface area contributed by atoms with Crippen LogP contribution in [-0.2, 0) is 24.5 Å². The van der Waals surface area contributed by atoms with E-state index in [9.17, 15) is 18.0 Å². The number of nitrogens with one attached hydrogen (secondary N) is 2. The Morgan fingerprint density at radius 2 is 1.88 bits per heavy atom. The van der Waals surface area contributed by atoms with Crippen molar-refractivity contribution in [3.05, 3.63) is 76.7 Å². The highest BCUT2D eigenvalue weighted by Gasteiger charge is 2.33. The molecule has 1 fully saturated rings. The highest BCUT2D eigenvalue weighted by molar-refractivity contribution is 6.04. The Balaban J connectivity index is 1.28. The fraction of sp³-hybridized carbons (Fsp3) is 0.379. The molecule has 0 saturated carbocycles. The molecule has 2 aromatic carbocycles. The fourth-order valence-electron chi connectivity index (χ4n) is 4.81. The number of hydrogen-bond acceptors (Lipinski definition) is 7. The minimum Gasteiger partial charge on any atom is -0.379 e. The minimum atomic E-state index is -4.57. The van der Waals surface area contributed by atoms with Crippen molar-refractivity contribution in [3.63, 3.8) is 0 Å². The van der Waals surface area contributed by atoms with Crippen molar-refractivity contribution in [2.24, 2.45) is 7.05 Å². The van der Waals surface area contributed by atoms with E-state index in [1.807, 2.05) is 20.9 Å². The topological polar surface area (TPSA) is 102 Å². The summed E-state index contributed by atoms with van der Waals surface area (Å²) in [5, 5.41) is 18.4. The number of anilines is 1. The third-order valence-electron chi connectivity index (χ3n) is 7.42. The maximum absolute atomic E-state index is 13.9. The number of alkyl halides is 3. The summed E-state index contributed by atoms with van der Waals surface area (Å²) in [4.78, 5) is 15.3. The lowest BCUT2D eigenvalue weighted by Gasteiger charge is -2.26. The number of halogens is 3. The Kier molecular flexibility index (Phi) is 8.71. The van der Waals surface area contributed by atoms with Gasteiger partial charge in [-0.1, -0.05) is 17.3 Å². The lowest BCUT2D eigenvalue weighted by molar-refractivity contribution is -0.138. The van der Waals surface area contributed by atoms with Gasteiger partial charge in [0.1, 0.15) is 5.69 Å². The molecule has 1 aliphatic rings. The van der Waals surface area contributed by atoms with Crippen LogP contribution in [0.25, 0.3) is 16.9 Å². The average Bonchev–Trinajstić information content (AvgIpc) is 3.58. The van der Waals surface area contributed by atoms with Crippen molar-refractivity contribution in [1.82, 2.24) is 35.0 Å². The van der Waals surface area contributed by atoms with Gasteiger partial charge >= 0.3 is 6.18 Å². The summed E-state index contributed by atoms with van der Waals surface area (Å²) in [7, 11) is 1.84. The molecule has 13 heteroatoms. The van der Waals surface area contributed by atoms with Gasteiger partial charge in [-0.15, -0.1) is 5.10 Å². The molecule has 222 valence electrons. The van der Waals surface area contributed by atoms with Gasteiger partial charge in [-0.25, -0.2) is 4.68 Å². The molecule has 4 aromatic rings. The zero-order valence-corrected chi connectivity index (χ0v) is 23.7. The van der Waals surface area contributed by atoms with E-state index < -0.39 is 17.6 Å². The lowest BCUT2D eigenvalue weighted by Crippen LogP contribution is -2.40. The smallest absolute Gasteiger partial charge is 0.379 e. The van der Waals surface area contributed by atoms with Crippen LogP contribution in [0.15, 0.2) is 48.8 Å². The van der Waals surface area contributed by atoms with Gasteiger partial charge in [0.2, 0.25) is 0 Å². The van der Waals surface area contributed by atoms with Crippen LogP contribution in [0.2, 0.25) is 0 Å². The van der Waals surface area contributed by atoms with Crippen LogP contribution in [0.1, 0.15) is 32.7 Å². The van der Waals surface area contributed by atoms with Gasteiger partial charge in [-0.3, -0.25) is 14.4 Å². The summed E-state index contributed by atoms with van der Waals surface area (Å²) in [5.41, 5.74) is 3.52. The van der Waals surface area contributed by atoms with Crippen LogP contribution >= 0.6 is 0 Å². The number of aryl methyl sites for hydroxylation is 2. The largest absolute Gasteiger partial charge is 0.416 e. The first-order chi connectivity index (χ1) is 20.1. The fourth-order valence-corrected chi connectivity index (χ4v) is 4.81. The van der Waals surface area contributed by atoms with Crippen molar-refractivity contribution in [1.29, 1.82) is 0 Å². The highest BCUT2D eigenvalue weighted by atomic mass is 19.4. The summed E-state index contributed by atoms with van der Waals surface area (Å²) >= 11 is 0. The van der Waals surface area contributed by atoms with Crippen molar-refractivity contribution < 1.29 is 22.7 Å². The van der Waals surface area contributed by atoms with Crippen molar-refractivity contribution in [2.75, 3.05) is 44.7 Å². The monoisotopic (exact) mass is 582 g/mol. The van der Waals surface area contributed by atoms with E-state index in [0.29, 0.717) is 31.1 Å². The van der Waals surface area contributed by atoms with E-state index in [-0.39, 0.29) is 23.4 Å². The number of amides is 1. The number of ether oxygens (including phenoxy) is 1. The molecular formula is C29H33F3N8O2. The van der Waals surface area contributed by atoms with Crippen molar-refractivity contribution >= 4 is 11.6 Å². The first kappa shape index (κ1) is 29.4. The number of carbonyl (C=O) groups excluding carboxylic acids is 1. The molecule has 1 saturated heterocycles. The number of morpholine rings is 1. The van der Waals surface area contributed by atoms with E-state index in [4.69, 9.17) is 4.74 Å². The minimum absolute atomic E-state index is 0.0570. The summed E-state index contributed by atoms with van der Waals surface area (Å²) in [6.07, 6.45) is -1.11. The zero-order valence-electron chi connectivity index (χ0n) is 23.7. The van der Waals surface area contributed by atoms with E-state index in [0.717, 1.165) is 42.5 Å². The average molecular weight is 583 g/mol. The van der Waals surface area contributed by atoms with E-state index in [1.165, 1.54) is 12.1 Å². The molecule has 42 heavy (non-hydrogen) atoms. The predicted molar refractivity (Wildman–Crippen MR) is 151 cm³/mol. The highest BCUT2D eigenvalue weighted by Crippen LogP contribution is 2.34. The normalized spacial score (nSPS) is 14.3. The van der Waals surface area contributed by atoms with Gasteiger partial charge in [0.15, 0.2) is 0 Å². The summed E-state index contributed by atoms with van der Waals surface area (Å²) in [6, 6.07) is 8.88. The summed E-state index contributed by atoms with van der Waals surface area (Å²) in [5.74, 6) is -0.538. The molecule has 0 atom stereocenters. The first-order valence-electron chi connectivity index (χ1n) is 13.6. The predicted octanol–water partition coefficient (Wildman–Crippen LogP) is 3.98. The second-order valence-corrected chi connectivity index (χ2v) is 10.3. The maximum atomic E-state index is 13.9. The van der Waals surface area contributed by atoms with Gasteiger partial charge in [0.05, 0.1) is 36.9 Å². The molecule has 2 N–H and O–H groups in total. The Morgan fingerprint density at radius 3 is 2.60 bits per heavy atom. The molecule has 3 heterocycles. The quantitative estimate of drug-likeness (QED) is 0.288. The Hall–Kier alpha value is -4.07. The van der Waals surface area contributed by atoms with Gasteiger partial charge in [0, 0.05) is 62.3 Å². The zero-order chi connectivity index (χ0) is 29.9. The molecule has 0 spiro atoms. The molecule has 5 rings (SSSR count). The van der Waals surface area contributed by atoms with Crippen LogP contribution < -0.4 is 10.6 Å². The van der Waals surface area contributed by atoms with Crippen LogP contribution in [0.3, 0.4) is 0 Å². The maximum Gasteiger partial charge on any atom is 0.416 e. The SMILES string of the molecule is Cc1ccc(C(=O)Nc2ccc(CNCCN3CCOCC3)c(C(F)(F)F)c2)cc1-n1cc(-c2cnn(C)c2C)nn1. The third-order valence-corrected chi connectivity index (χ3v) is 7.42. The molecule has 0 unspecified atom stereocenters. The van der Waals surface area contributed by atoms with Crippen molar-refractivity contribution in [2.45, 2.75) is 26.6 Å². The van der Waals surface area contributed by atoms with Crippen molar-refractivity contribution in [3.8, 4) is 16.9 Å². The Bertz CT molecular complexity index is 1560. The number of aromatic nitrogens is 5. The Morgan fingerprint density at radius 1 is 1.10 bits per heavy atom. The molecule has 0 bridgehead atoms. The third kappa shape index (κ3) is 6.69. The van der Waals surface area contributed by atoms with Gasteiger partial charge in [0.25, 0.3) is 5.91 Å². The first-order valence-corrected chi connectivity index (χ1v) is 13.6. The second kappa shape index (κ2) is 12.4. The van der Waals surface area contributed by atoms with Crippen LogP contribution in [-0.4, -0.2) is 75.0 Å². The molecule has 2 aromatic heterocycles. The molecule has 1 aliphatic heterocycles. The Labute approximate surface area is 241 Å². The number of rotatable bonds is 9. The van der Waals surface area contributed by atoms with Gasteiger partial charge in [-0.05, 0) is 49.2 Å². The number of benzene rings is 2. The van der Waals surface area contributed by atoms with Crippen LogP contribution in [0.5, 0.6) is 0 Å². The second-order valence-electron chi connectivity index (χ2n) is 10.3. The molecule has 10 nitrogen and oxygen atoms in total. The number of hydrogen-bond donors (Lipinski definition) is 2. The van der Waals surface area contributed by atoms with E-state index in [2.05, 4.69) is 30.9 Å². The van der Waals surface area contributed by atoms with Crippen LogP contribution in [0, 0.1) is 13.8 Å². The molecule has 1 amide bonds. The molecular weight excluding hydrogens is 549 g/mol. The number of nitrogens with zero attached hydrogens (tertiary/aromatic N) is 6. The summed E-state index contributed by atoms with van der Waals surface area (Å²) in [6.45, 7) is 8.12.